The number of hydrogen-bond acceptors (Lipinski definition) is 3. The van der Waals surface area contributed by atoms with Gasteiger partial charge in [-0.3, -0.25) is 4.79 Å². The number of carbonyl (C=O) groups excluding carboxylic acids is 1. The molecule has 1 aliphatic heterocycles. The Kier molecular flexibility index (Phi) is 5.00. The standard InChI is InChI=1S/C19H21NO3S/c1-13-5-8-17(24-13)3-2-4-18(21)20-10-9-14-6-7-15(19(22)23)11-16(14)12-20/h5-8,11H,2-4,9-10,12H2,1H3,(H,22,23). The summed E-state index contributed by atoms with van der Waals surface area (Å²) in [6.45, 7) is 3.33. The lowest BCUT2D eigenvalue weighted by atomic mass is 9.97. The van der Waals surface area contributed by atoms with Crippen molar-refractivity contribution in [2.45, 2.75) is 39.2 Å². The number of rotatable bonds is 5. The molecule has 1 aromatic carbocycles. The summed E-state index contributed by atoms with van der Waals surface area (Å²) in [5, 5.41) is 9.11. The van der Waals surface area contributed by atoms with E-state index in [9.17, 15) is 9.59 Å². The Balaban J connectivity index is 1.56. The topological polar surface area (TPSA) is 57.6 Å². The number of carboxylic acids is 1. The molecule has 0 aliphatic carbocycles. The molecule has 4 nitrogen and oxygen atoms in total. The SMILES string of the molecule is Cc1ccc(CCCC(=O)N2CCc3ccc(C(=O)O)cc3C2)s1. The number of carbonyl (C=O) groups is 2. The molecule has 1 amide bonds. The number of aryl methyl sites for hydroxylation is 2. The molecule has 0 radical (unpaired) electrons. The average Bonchev–Trinajstić information content (AvgIpc) is 2.99. The summed E-state index contributed by atoms with van der Waals surface area (Å²) in [6.07, 6.45) is 3.14. The summed E-state index contributed by atoms with van der Waals surface area (Å²) in [5.41, 5.74) is 2.40. The molecule has 126 valence electrons. The van der Waals surface area contributed by atoms with Gasteiger partial charge in [-0.05, 0) is 61.6 Å². The molecule has 0 saturated carbocycles. The highest BCUT2D eigenvalue weighted by molar-refractivity contribution is 7.11. The van der Waals surface area contributed by atoms with Crippen LogP contribution in [0.5, 0.6) is 0 Å². The Morgan fingerprint density at radius 2 is 2.04 bits per heavy atom. The fourth-order valence-electron chi connectivity index (χ4n) is 3.09. The largest absolute Gasteiger partial charge is 0.478 e. The first-order valence-electron chi connectivity index (χ1n) is 8.21. The van der Waals surface area contributed by atoms with Gasteiger partial charge in [0.25, 0.3) is 0 Å². The van der Waals surface area contributed by atoms with Crippen LogP contribution in [-0.4, -0.2) is 28.4 Å². The molecule has 24 heavy (non-hydrogen) atoms. The maximum atomic E-state index is 12.4. The van der Waals surface area contributed by atoms with Gasteiger partial charge in [0.05, 0.1) is 5.56 Å². The summed E-state index contributed by atoms with van der Waals surface area (Å²) in [6, 6.07) is 9.46. The Hall–Kier alpha value is -2.14. The normalized spacial score (nSPS) is 13.6. The molecule has 0 spiro atoms. The van der Waals surface area contributed by atoms with Gasteiger partial charge in [0.15, 0.2) is 0 Å². The zero-order valence-corrected chi connectivity index (χ0v) is 14.6. The van der Waals surface area contributed by atoms with Gasteiger partial charge >= 0.3 is 5.97 Å². The smallest absolute Gasteiger partial charge is 0.335 e. The van der Waals surface area contributed by atoms with E-state index in [1.54, 1.807) is 23.5 Å². The van der Waals surface area contributed by atoms with Crippen molar-refractivity contribution in [3.8, 4) is 0 Å². The van der Waals surface area contributed by atoms with E-state index in [0.717, 1.165) is 36.9 Å². The number of thiophene rings is 1. The third-order valence-electron chi connectivity index (χ3n) is 4.43. The molecule has 1 N–H and O–H groups in total. The number of fused-ring (bicyclic) bond motifs is 1. The fraction of sp³-hybridized carbons (Fsp3) is 0.368. The van der Waals surface area contributed by atoms with E-state index in [2.05, 4.69) is 19.1 Å². The number of amides is 1. The van der Waals surface area contributed by atoms with E-state index in [-0.39, 0.29) is 11.5 Å². The van der Waals surface area contributed by atoms with E-state index in [1.165, 1.54) is 9.75 Å². The predicted octanol–water partition coefficient (Wildman–Crippen LogP) is 3.66. The third-order valence-corrected chi connectivity index (χ3v) is 5.49. The highest BCUT2D eigenvalue weighted by Gasteiger charge is 2.21. The molecule has 0 atom stereocenters. The Bertz CT molecular complexity index is 766. The predicted molar refractivity (Wildman–Crippen MR) is 94.5 cm³/mol. The number of nitrogens with zero attached hydrogens (tertiary/aromatic N) is 1. The minimum atomic E-state index is -0.924. The molecule has 0 saturated heterocycles. The zero-order valence-electron chi connectivity index (χ0n) is 13.7. The second-order valence-corrected chi connectivity index (χ2v) is 7.59. The van der Waals surface area contributed by atoms with Crippen molar-refractivity contribution in [3.63, 3.8) is 0 Å². The molecule has 2 aromatic rings. The summed E-state index contributed by atoms with van der Waals surface area (Å²) in [7, 11) is 0. The van der Waals surface area contributed by atoms with Gasteiger partial charge in [-0.1, -0.05) is 6.07 Å². The molecule has 3 rings (SSSR count). The van der Waals surface area contributed by atoms with Crippen molar-refractivity contribution < 1.29 is 14.7 Å². The van der Waals surface area contributed by atoms with Crippen LogP contribution < -0.4 is 0 Å². The summed E-state index contributed by atoms with van der Waals surface area (Å²) >= 11 is 1.79. The van der Waals surface area contributed by atoms with Gasteiger partial charge in [-0.15, -0.1) is 11.3 Å². The van der Waals surface area contributed by atoms with E-state index in [4.69, 9.17) is 5.11 Å². The first-order valence-corrected chi connectivity index (χ1v) is 9.03. The molecule has 5 heteroatoms. The van der Waals surface area contributed by atoms with Crippen LogP contribution >= 0.6 is 11.3 Å². The number of benzene rings is 1. The van der Waals surface area contributed by atoms with Crippen molar-refractivity contribution >= 4 is 23.2 Å². The van der Waals surface area contributed by atoms with Gasteiger partial charge in [0.1, 0.15) is 0 Å². The molecule has 0 fully saturated rings. The minimum Gasteiger partial charge on any atom is -0.478 e. The van der Waals surface area contributed by atoms with E-state index < -0.39 is 5.97 Å². The van der Waals surface area contributed by atoms with Gasteiger partial charge in [-0.2, -0.15) is 0 Å². The number of aromatic carboxylic acids is 1. The lowest BCUT2D eigenvalue weighted by Crippen LogP contribution is -2.36. The number of hydrogen-bond donors (Lipinski definition) is 1. The van der Waals surface area contributed by atoms with Crippen LogP contribution in [0, 0.1) is 6.92 Å². The summed E-state index contributed by atoms with van der Waals surface area (Å²) < 4.78 is 0. The summed E-state index contributed by atoms with van der Waals surface area (Å²) in [4.78, 5) is 28.0. The van der Waals surface area contributed by atoms with Gasteiger partial charge in [-0.25, -0.2) is 4.79 Å². The molecule has 1 aromatic heterocycles. The van der Waals surface area contributed by atoms with Crippen LogP contribution in [0.2, 0.25) is 0 Å². The second kappa shape index (κ2) is 7.18. The van der Waals surface area contributed by atoms with E-state index in [1.807, 2.05) is 11.0 Å². The molecule has 0 unspecified atom stereocenters. The fourth-order valence-corrected chi connectivity index (χ4v) is 4.03. The molecular formula is C19H21NO3S. The Morgan fingerprint density at radius 1 is 1.21 bits per heavy atom. The monoisotopic (exact) mass is 343 g/mol. The van der Waals surface area contributed by atoms with Crippen molar-refractivity contribution in [3.05, 3.63) is 56.8 Å². The highest BCUT2D eigenvalue weighted by Crippen LogP contribution is 2.22. The molecule has 2 heterocycles. The van der Waals surface area contributed by atoms with Crippen LogP contribution in [0.1, 0.15) is 44.1 Å². The van der Waals surface area contributed by atoms with Gasteiger partial charge < -0.3 is 10.0 Å². The summed E-state index contributed by atoms with van der Waals surface area (Å²) in [5.74, 6) is -0.762. The molecule has 1 aliphatic rings. The maximum absolute atomic E-state index is 12.4. The molecule has 0 bridgehead atoms. The van der Waals surface area contributed by atoms with Crippen molar-refractivity contribution in [1.82, 2.24) is 4.90 Å². The van der Waals surface area contributed by atoms with E-state index in [0.29, 0.717) is 13.0 Å². The first-order chi connectivity index (χ1) is 11.5. The van der Waals surface area contributed by atoms with Crippen molar-refractivity contribution in [2.24, 2.45) is 0 Å². The van der Waals surface area contributed by atoms with Crippen LogP contribution in [0.3, 0.4) is 0 Å². The minimum absolute atomic E-state index is 0.162. The zero-order chi connectivity index (χ0) is 17.1. The lowest BCUT2D eigenvalue weighted by molar-refractivity contribution is -0.132. The lowest BCUT2D eigenvalue weighted by Gasteiger charge is -2.29. The Labute approximate surface area is 145 Å². The highest BCUT2D eigenvalue weighted by atomic mass is 32.1. The number of carboxylic acid groups (broad SMARTS) is 1. The van der Waals surface area contributed by atoms with Crippen LogP contribution in [0.4, 0.5) is 0 Å². The van der Waals surface area contributed by atoms with Gasteiger partial charge in [0.2, 0.25) is 5.91 Å². The van der Waals surface area contributed by atoms with Crippen LogP contribution in [0.25, 0.3) is 0 Å². The second-order valence-electron chi connectivity index (χ2n) is 6.22. The third kappa shape index (κ3) is 3.85. The van der Waals surface area contributed by atoms with Crippen LogP contribution in [-0.2, 0) is 24.2 Å². The average molecular weight is 343 g/mol. The van der Waals surface area contributed by atoms with Crippen molar-refractivity contribution in [1.29, 1.82) is 0 Å². The first kappa shape index (κ1) is 16.7. The maximum Gasteiger partial charge on any atom is 0.335 e. The van der Waals surface area contributed by atoms with E-state index >= 15 is 0 Å². The quantitative estimate of drug-likeness (QED) is 0.901. The van der Waals surface area contributed by atoms with Crippen molar-refractivity contribution in [2.75, 3.05) is 6.54 Å². The van der Waals surface area contributed by atoms with Gasteiger partial charge in [0, 0.05) is 29.3 Å². The van der Waals surface area contributed by atoms with Crippen LogP contribution in [0.15, 0.2) is 30.3 Å². The molecular weight excluding hydrogens is 322 g/mol. The Morgan fingerprint density at radius 3 is 2.75 bits per heavy atom.